The zero-order valence-corrected chi connectivity index (χ0v) is 16.8. The minimum absolute atomic E-state index is 0.0593. The van der Waals surface area contributed by atoms with E-state index in [-0.39, 0.29) is 17.9 Å². The van der Waals surface area contributed by atoms with Gasteiger partial charge in [0.25, 0.3) is 5.91 Å². The maximum absolute atomic E-state index is 12.8. The second-order valence-electron chi connectivity index (χ2n) is 6.92. The molecule has 0 atom stereocenters. The van der Waals surface area contributed by atoms with Crippen LogP contribution < -0.4 is 14.8 Å². The molecule has 29 heavy (non-hydrogen) atoms. The molecule has 1 aliphatic heterocycles. The van der Waals surface area contributed by atoms with Crippen LogP contribution in [0.3, 0.4) is 0 Å². The molecular weight excluding hydrogens is 368 g/mol. The van der Waals surface area contributed by atoms with E-state index in [9.17, 15) is 9.59 Å². The van der Waals surface area contributed by atoms with Crippen molar-refractivity contribution < 1.29 is 19.1 Å². The Morgan fingerprint density at radius 3 is 2.21 bits per heavy atom. The number of methoxy groups -OCH3 is 2. The van der Waals surface area contributed by atoms with Crippen molar-refractivity contribution in [1.82, 2.24) is 10.2 Å². The Morgan fingerprint density at radius 2 is 1.62 bits per heavy atom. The van der Waals surface area contributed by atoms with E-state index in [4.69, 9.17) is 9.47 Å². The van der Waals surface area contributed by atoms with Crippen LogP contribution in [-0.4, -0.2) is 50.1 Å². The number of rotatable bonds is 6. The molecule has 2 amide bonds. The largest absolute Gasteiger partial charge is 0.497 e. The molecule has 1 heterocycles. The Bertz CT molecular complexity index is 849. The van der Waals surface area contributed by atoms with Crippen LogP contribution in [0, 0.1) is 0 Å². The number of benzene rings is 2. The minimum Gasteiger partial charge on any atom is -0.497 e. The third-order valence-corrected chi connectivity index (χ3v) is 4.95. The molecule has 1 fully saturated rings. The highest BCUT2D eigenvalue weighted by molar-refractivity contribution is 5.95. The van der Waals surface area contributed by atoms with Crippen molar-refractivity contribution in [2.24, 2.45) is 0 Å². The van der Waals surface area contributed by atoms with Gasteiger partial charge in [-0.25, -0.2) is 0 Å². The average molecular weight is 394 g/mol. The maximum Gasteiger partial charge on any atom is 0.254 e. The van der Waals surface area contributed by atoms with Crippen LogP contribution in [-0.2, 0) is 4.79 Å². The lowest BCUT2D eigenvalue weighted by atomic mass is 10.0. The number of carbonyl (C=O) groups excluding carboxylic acids is 2. The lowest BCUT2D eigenvalue weighted by Gasteiger charge is -2.32. The third kappa shape index (κ3) is 5.60. The highest BCUT2D eigenvalue weighted by Crippen LogP contribution is 2.24. The molecule has 0 saturated carbocycles. The van der Waals surface area contributed by atoms with Gasteiger partial charge in [-0.05, 0) is 36.6 Å². The van der Waals surface area contributed by atoms with Crippen LogP contribution in [0.1, 0.15) is 28.8 Å². The molecule has 0 aliphatic carbocycles. The first-order valence-electron chi connectivity index (χ1n) is 9.65. The fourth-order valence-electron chi connectivity index (χ4n) is 3.33. The van der Waals surface area contributed by atoms with Crippen molar-refractivity contribution in [3.05, 3.63) is 65.7 Å². The summed E-state index contributed by atoms with van der Waals surface area (Å²) in [5.74, 6) is 0.993. The first-order chi connectivity index (χ1) is 14.1. The van der Waals surface area contributed by atoms with Crippen molar-refractivity contribution in [3.8, 4) is 11.5 Å². The van der Waals surface area contributed by atoms with E-state index >= 15 is 0 Å². The van der Waals surface area contributed by atoms with Gasteiger partial charge in [-0.3, -0.25) is 9.59 Å². The summed E-state index contributed by atoms with van der Waals surface area (Å²) >= 11 is 0. The number of hydrogen-bond donors (Lipinski definition) is 1. The third-order valence-electron chi connectivity index (χ3n) is 4.95. The van der Waals surface area contributed by atoms with Gasteiger partial charge in [0.15, 0.2) is 0 Å². The normalized spacial score (nSPS) is 14.6. The Balaban J connectivity index is 1.53. The number of ether oxygens (including phenoxy) is 2. The smallest absolute Gasteiger partial charge is 0.254 e. The zero-order valence-electron chi connectivity index (χ0n) is 16.8. The van der Waals surface area contributed by atoms with Crippen molar-refractivity contribution >= 4 is 17.9 Å². The van der Waals surface area contributed by atoms with Gasteiger partial charge in [-0.2, -0.15) is 0 Å². The Morgan fingerprint density at radius 1 is 1.00 bits per heavy atom. The summed E-state index contributed by atoms with van der Waals surface area (Å²) in [5.41, 5.74) is 1.52. The second kappa shape index (κ2) is 9.78. The second-order valence-corrected chi connectivity index (χ2v) is 6.92. The van der Waals surface area contributed by atoms with Crippen molar-refractivity contribution in [1.29, 1.82) is 0 Å². The fraction of sp³-hybridized carbons (Fsp3) is 0.304. The van der Waals surface area contributed by atoms with E-state index in [2.05, 4.69) is 5.32 Å². The lowest BCUT2D eigenvalue weighted by Crippen LogP contribution is -2.46. The van der Waals surface area contributed by atoms with Gasteiger partial charge < -0.3 is 19.7 Å². The molecule has 0 bridgehead atoms. The Hall–Kier alpha value is -3.28. The quantitative estimate of drug-likeness (QED) is 0.765. The van der Waals surface area contributed by atoms with Gasteiger partial charge in [-0.1, -0.05) is 30.3 Å². The van der Waals surface area contributed by atoms with Crippen molar-refractivity contribution in [2.45, 2.75) is 18.9 Å². The summed E-state index contributed by atoms with van der Waals surface area (Å²) in [6.45, 7) is 1.18. The Labute approximate surface area is 171 Å². The summed E-state index contributed by atoms with van der Waals surface area (Å²) in [6, 6.07) is 14.9. The van der Waals surface area contributed by atoms with E-state index in [0.29, 0.717) is 30.2 Å². The number of hydrogen-bond acceptors (Lipinski definition) is 4. The van der Waals surface area contributed by atoms with Gasteiger partial charge in [0.1, 0.15) is 11.5 Å². The first-order valence-corrected chi connectivity index (χ1v) is 9.65. The summed E-state index contributed by atoms with van der Waals surface area (Å²) in [7, 11) is 3.12. The van der Waals surface area contributed by atoms with Crippen LogP contribution in [0.15, 0.2) is 54.6 Å². The molecule has 0 spiro atoms. The number of nitrogens with one attached hydrogen (secondary N) is 1. The van der Waals surface area contributed by atoms with E-state index in [1.807, 2.05) is 30.3 Å². The van der Waals surface area contributed by atoms with Crippen molar-refractivity contribution in [2.75, 3.05) is 27.3 Å². The molecule has 0 radical (unpaired) electrons. The van der Waals surface area contributed by atoms with E-state index in [0.717, 1.165) is 18.4 Å². The first kappa shape index (κ1) is 20.5. The predicted molar refractivity (Wildman–Crippen MR) is 112 cm³/mol. The summed E-state index contributed by atoms with van der Waals surface area (Å²) < 4.78 is 10.5. The van der Waals surface area contributed by atoms with Gasteiger partial charge in [0, 0.05) is 36.8 Å². The summed E-state index contributed by atoms with van der Waals surface area (Å²) in [4.78, 5) is 26.8. The van der Waals surface area contributed by atoms with E-state index < -0.39 is 0 Å². The van der Waals surface area contributed by atoms with Crippen molar-refractivity contribution in [3.63, 3.8) is 0 Å². The molecule has 152 valence electrons. The van der Waals surface area contributed by atoms with Crippen LogP contribution in [0.25, 0.3) is 6.08 Å². The Kier molecular flexibility index (Phi) is 6.89. The standard InChI is InChI=1S/C23H26N2O4/c1-28-20-14-18(15-21(16-20)29-2)23(27)25-12-10-19(11-13-25)24-22(26)9-8-17-6-4-3-5-7-17/h3-9,14-16,19H,10-13H2,1-2H3,(H,24,26)/b9-8+. The zero-order chi connectivity index (χ0) is 20.6. The topological polar surface area (TPSA) is 67.9 Å². The average Bonchev–Trinajstić information content (AvgIpc) is 2.78. The predicted octanol–water partition coefficient (Wildman–Crippen LogP) is 3.14. The number of nitrogens with zero attached hydrogens (tertiary/aromatic N) is 1. The highest BCUT2D eigenvalue weighted by atomic mass is 16.5. The van der Waals surface area contributed by atoms with Crippen LogP contribution >= 0.6 is 0 Å². The molecule has 0 aromatic heterocycles. The van der Waals surface area contributed by atoms with Gasteiger partial charge in [0.2, 0.25) is 5.91 Å². The molecule has 1 saturated heterocycles. The number of piperidine rings is 1. The van der Waals surface area contributed by atoms with E-state index in [1.165, 1.54) is 0 Å². The lowest BCUT2D eigenvalue weighted by molar-refractivity contribution is -0.117. The van der Waals surface area contributed by atoms with Gasteiger partial charge >= 0.3 is 0 Å². The van der Waals surface area contributed by atoms with Crippen LogP contribution in [0.2, 0.25) is 0 Å². The fourth-order valence-corrected chi connectivity index (χ4v) is 3.33. The molecule has 6 nitrogen and oxygen atoms in total. The van der Waals surface area contributed by atoms with E-state index in [1.54, 1.807) is 49.5 Å². The summed E-state index contributed by atoms with van der Waals surface area (Å²) in [6.07, 6.45) is 4.79. The maximum atomic E-state index is 12.8. The summed E-state index contributed by atoms with van der Waals surface area (Å²) in [5, 5.41) is 3.02. The molecule has 2 aromatic rings. The molecule has 2 aromatic carbocycles. The SMILES string of the molecule is COc1cc(OC)cc(C(=O)N2CCC(NC(=O)/C=C/c3ccccc3)CC2)c1. The molecule has 1 aliphatic rings. The monoisotopic (exact) mass is 394 g/mol. The number of likely N-dealkylation sites (tertiary alicyclic amines) is 1. The molecule has 1 N–H and O–H groups in total. The molecule has 3 rings (SSSR count). The van der Waals surface area contributed by atoms with Crippen LogP contribution in [0.5, 0.6) is 11.5 Å². The molecule has 6 heteroatoms. The van der Waals surface area contributed by atoms with Gasteiger partial charge in [-0.15, -0.1) is 0 Å². The molecule has 0 unspecified atom stereocenters. The number of carbonyl (C=O) groups is 2. The van der Waals surface area contributed by atoms with Crippen LogP contribution in [0.4, 0.5) is 0 Å². The van der Waals surface area contributed by atoms with Gasteiger partial charge in [0.05, 0.1) is 14.2 Å². The number of amides is 2. The molecular formula is C23H26N2O4. The highest BCUT2D eigenvalue weighted by Gasteiger charge is 2.25. The minimum atomic E-state index is -0.115.